The van der Waals surface area contributed by atoms with Crippen molar-refractivity contribution in [3.63, 3.8) is 0 Å². The average molecular weight is 302 g/mol. The Bertz CT molecular complexity index is 722. The Morgan fingerprint density at radius 1 is 1.15 bits per heavy atom. The lowest BCUT2D eigenvalue weighted by atomic mass is 10.2. The Labute approximate surface area is 126 Å². The maximum atomic E-state index is 6.18. The zero-order valence-electron chi connectivity index (χ0n) is 10.8. The number of aromatic nitrogens is 2. The molecule has 0 aliphatic heterocycles. The molecule has 2 aromatic heterocycles. The molecule has 0 bridgehead atoms. The van der Waals surface area contributed by atoms with E-state index in [1.54, 1.807) is 0 Å². The highest BCUT2D eigenvalue weighted by molar-refractivity contribution is 7.14. The van der Waals surface area contributed by atoms with Gasteiger partial charge in [0.05, 0.1) is 5.69 Å². The number of rotatable bonds is 3. The molecule has 2 heterocycles. The molecule has 20 heavy (non-hydrogen) atoms. The van der Waals surface area contributed by atoms with Gasteiger partial charge in [-0.05, 0) is 24.6 Å². The largest absolute Gasteiger partial charge is 0.316 e. The lowest BCUT2D eigenvalue weighted by Gasteiger charge is -2.02. The Morgan fingerprint density at radius 2 is 2.00 bits per heavy atom. The molecule has 1 aromatic carbocycles. The van der Waals surface area contributed by atoms with Crippen LogP contribution in [0.2, 0.25) is 5.02 Å². The minimum absolute atomic E-state index is 0.706. The van der Waals surface area contributed by atoms with Gasteiger partial charge in [-0.2, -0.15) is 0 Å². The van der Waals surface area contributed by atoms with E-state index in [4.69, 9.17) is 11.6 Å². The van der Waals surface area contributed by atoms with E-state index in [1.165, 1.54) is 11.3 Å². The fraction of sp³-hybridized carbons (Fsp3) is 0.0667. The number of halogens is 1. The van der Waals surface area contributed by atoms with Crippen LogP contribution in [0.4, 0.5) is 10.9 Å². The second kappa shape index (κ2) is 5.61. The van der Waals surface area contributed by atoms with Crippen molar-refractivity contribution in [3.05, 3.63) is 58.6 Å². The summed E-state index contributed by atoms with van der Waals surface area (Å²) in [6.45, 7) is 2.01. The van der Waals surface area contributed by atoms with Crippen molar-refractivity contribution >= 4 is 33.9 Å². The maximum absolute atomic E-state index is 6.18. The van der Waals surface area contributed by atoms with E-state index in [2.05, 4.69) is 15.3 Å². The highest BCUT2D eigenvalue weighted by Gasteiger charge is 2.08. The van der Waals surface area contributed by atoms with Crippen LogP contribution in [0, 0.1) is 6.92 Å². The molecule has 5 heteroatoms. The Morgan fingerprint density at radius 3 is 2.75 bits per heavy atom. The van der Waals surface area contributed by atoms with Crippen molar-refractivity contribution in [2.24, 2.45) is 0 Å². The third-order valence-corrected chi connectivity index (χ3v) is 3.89. The van der Waals surface area contributed by atoms with E-state index in [0.717, 1.165) is 27.8 Å². The molecule has 0 spiro atoms. The molecule has 0 radical (unpaired) electrons. The number of thiazole rings is 1. The number of pyridine rings is 1. The van der Waals surface area contributed by atoms with Gasteiger partial charge in [0.2, 0.25) is 0 Å². The summed E-state index contributed by atoms with van der Waals surface area (Å²) in [5.74, 6) is 0.788. The van der Waals surface area contributed by atoms with Gasteiger partial charge in [-0.1, -0.05) is 35.9 Å². The summed E-state index contributed by atoms with van der Waals surface area (Å²) in [4.78, 5) is 8.84. The summed E-state index contributed by atoms with van der Waals surface area (Å²) in [7, 11) is 0. The van der Waals surface area contributed by atoms with Crippen molar-refractivity contribution < 1.29 is 0 Å². The Balaban J connectivity index is 1.84. The SMILES string of the molecule is Cc1ccc(Nc2nc(-c3ccccc3Cl)cs2)nc1. The molecular weight excluding hydrogens is 290 g/mol. The summed E-state index contributed by atoms with van der Waals surface area (Å²) in [6, 6.07) is 11.6. The van der Waals surface area contributed by atoms with Gasteiger partial charge in [0.1, 0.15) is 5.82 Å². The van der Waals surface area contributed by atoms with Gasteiger partial charge >= 0.3 is 0 Å². The van der Waals surface area contributed by atoms with Crippen LogP contribution in [-0.4, -0.2) is 9.97 Å². The molecule has 3 rings (SSSR count). The van der Waals surface area contributed by atoms with Crippen molar-refractivity contribution in [2.75, 3.05) is 5.32 Å². The maximum Gasteiger partial charge on any atom is 0.188 e. The van der Waals surface area contributed by atoms with Gasteiger partial charge in [-0.15, -0.1) is 11.3 Å². The molecule has 0 aliphatic carbocycles. The van der Waals surface area contributed by atoms with Crippen molar-refractivity contribution in [3.8, 4) is 11.3 Å². The standard InChI is InChI=1S/C15H12ClN3S/c1-10-6-7-14(17-8-10)19-15-18-13(9-20-15)11-4-2-3-5-12(11)16/h2-9H,1H3,(H,17,18,19). The highest BCUT2D eigenvalue weighted by Crippen LogP contribution is 2.31. The molecule has 3 aromatic rings. The number of anilines is 2. The molecule has 0 atom stereocenters. The average Bonchev–Trinajstić information content (AvgIpc) is 2.90. The van der Waals surface area contributed by atoms with E-state index < -0.39 is 0 Å². The van der Waals surface area contributed by atoms with Crippen molar-refractivity contribution in [2.45, 2.75) is 6.92 Å². The molecule has 0 fully saturated rings. The Hall–Kier alpha value is -1.91. The van der Waals surface area contributed by atoms with Crippen LogP contribution >= 0.6 is 22.9 Å². The van der Waals surface area contributed by atoms with E-state index in [9.17, 15) is 0 Å². The van der Waals surface area contributed by atoms with Gasteiger partial charge in [0.25, 0.3) is 0 Å². The summed E-state index contributed by atoms with van der Waals surface area (Å²) >= 11 is 7.71. The zero-order valence-corrected chi connectivity index (χ0v) is 12.4. The minimum atomic E-state index is 0.706. The normalized spacial score (nSPS) is 10.5. The second-order valence-corrected chi connectivity index (χ2v) is 5.63. The molecule has 0 amide bonds. The molecular formula is C15H12ClN3S. The van der Waals surface area contributed by atoms with Gasteiger partial charge in [0.15, 0.2) is 5.13 Å². The van der Waals surface area contributed by atoms with Crippen LogP contribution in [0.1, 0.15) is 5.56 Å². The topological polar surface area (TPSA) is 37.8 Å². The quantitative estimate of drug-likeness (QED) is 0.747. The van der Waals surface area contributed by atoms with Crippen LogP contribution in [0.25, 0.3) is 11.3 Å². The number of hydrogen-bond acceptors (Lipinski definition) is 4. The summed E-state index contributed by atoms with van der Waals surface area (Å²) in [5.41, 5.74) is 2.94. The fourth-order valence-corrected chi connectivity index (χ4v) is 2.73. The predicted octanol–water partition coefficient (Wildman–Crippen LogP) is 4.91. The van der Waals surface area contributed by atoms with Crippen LogP contribution < -0.4 is 5.32 Å². The van der Waals surface area contributed by atoms with Crippen molar-refractivity contribution in [1.29, 1.82) is 0 Å². The van der Waals surface area contributed by atoms with E-state index >= 15 is 0 Å². The van der Waals surface area contributed by atoms with Crippen LogP contribution in [-0.2, 0) is 0 Å². The lowest BCUT2D eigenvalue weighted by molar-refractivity contribution is 1.25. The van der Waals surface area contributed by atoms with E-state index in [1.807, 2.05) is 54.9 Å². The first kappa shape index (κ1) is 13.1. The number of aryl methyl sites for hydroxylation is 1. The van der Waals surface area contributed by atoms with E-state index in [0.29, 0.717) is 5.02 Å². The predicted molar refractivity (Wildman–Crippen MR) is 84.8 cm³/mol. The first-order chi connectivity index (χ1) is 9.72. The molecule has 3 nitrogen and oxygen atoms in total. The lowest BCUT2D eigenvalue weighted by Crippen LogP contribution is -1.92. The molecule has 0 saturated carbocycles. The second-order valence-electron chi connectivity index (χ2n) is 4.36. The van der Waals surface area contributed by atoms with Gasteiger partial charge < -0.3 is 5.32 Å². The highest BCUT2D eigenvalue weighted by atomic mass is 35.5. The minimum Gasteiger partial charge on any atom is -0.316 e. The van der Waals surface area contributed by atoms with Crippen LogP contribution in [0.5, 0.6) is 0 Å². The first-order valence-corrected chi connectivity index (χ1v) is 7.38. The zero-order chi connectivity index (χ0) is 13.9. The number of hydrogen-bond donors (Lipinski definition) is 1. The van der Waals surface area contributed by atoms with Crippen LogP contribution in [0.15, 0.2) is 48.0 Å². The molecule has 0 unspecified atom stereocenters. The molecule has 1 N–H and O–H groups in total. The number of nitrogens with zero attached hydrogens (tertiary/aromatic N) is 2. The smallest absolute Gasteiger partial charge is 0.188 e. The first-order valence-electron chi connectivity index (χ1n) is 6.12. The Kier molecular flexibility index (Phi) is 3.67. The van der Waals surface area contributed by atoms with Gasteiger partial charge in [-0.3, -0.25) is 0 Å². The fourth-order valence-electron chi connectivity index (χ4n) is 1.78. The number of benzene rings is 1. The van der Waals surface area contributed by atoms with Gasteiger partial charge in [-0.25, -0.2) is 9.97 Å². The third-order valence-electron chi connectivity index (χ3n) is 2.80. The summed E-state index contributed by atoms with van der Waals surface area (Å²) in [6.07, 6.45) is 1.82. The third kappa shape index (κ3) is 2.81. The molecule has 0 saturated heterocycles. The molecule has 0 aliphatic rings. The molecule has 100 valence electrons. The van der Waals surface area contributed by atoms with Gasteiger partial charge in [0, 0.05) is 22.2 Å². The monoisotopic (exact) mass is 301 g/mol. The number of nitrogens with one attached hydrogen (secondary N) is 1. The van der Waals surface area contributed by atoms with Crippen molar-refractivity contribution in [1.82, 2.24) is 9.97 Å². The summed E-state index contributed by atoms with van der Waals surface area (Å²) in [5, 5.41) is 6.69. The summed E-state index contributed by atoms with van der Waals surface area (Å²) < 4.78 is 0. The van der Waals surface area contributed by atoms with E-state index in [-0.39, 0.29) is 0 Å². The van der Waals surface area contributed by atoms with Crippen LogP contribution in [0.3, 0.4) is 0 Å².